The summed E-state index contributed by atoms with van der Waals surface area (Å²) in [6.07, 6.45) is 6.53. The summed E-state index contributed by atoms with van der Waals surface area (Å²) in [5, 5.41) is 0. The minimum atomic E-state index is -0.175. The van der Waals surface area contributed by atoms with E-state index < -0.39 is 0 Å². The SMILES string of the molecule is C[C@@H]1C[C@H](C)CN(c2nc3ccccn3c(=O)c2/C=C2\SC(=S)N(C[C@H]3CCCO3)C2=O)C1. The third-order valence-electron chi connectivity index (χ3n) is 6.48. The average molecular weight is 485 g/mol. The Labute approximate surface area is 202 Å². The molecule has 2 aromatic rings. The van der Waals surface area contributed by atoms with E-state index in [0.717, 1.165) is 39.0 Å². The van der Waals surface area contributed by atoms with Gasteiger partial charge in [-0.3, -0.25) is 18.9 Å². The van der Waals surface area contributed by atoms with Crippen LogP contribution in [0.5, 0.6) is 0 Å². The molecule has 174 valence electrons. The zero-order valence-electron chi connectivity index (χ0n) is 18.9. The quantitative estimate of drug-likeness (QED) is 0.486. The monoisotopic (exact) mass is 484 g/mol. The molecule has 0 unspecified atom stereocenters. The number of carbonyl (C=O) groups excluding carboxylic acids is 1. The third kappa shape index (κ3) is 4.46. The molecule has 9 heteroatoms. The van der Waals surface area contributed by atoms with E-state index in [2.05, 4.69) is 18.7 Å². The van der Waals surface area contributed by atoms with Crippen molar-refractivity contribution in [1.82, 2.24) is 14.3 Å². The van der Waals surface area contributed by atoms with Gasteiger partial charge >= 0.3 is 0 Å². The summed E-state index contributed by atoms with van der Waals surface area (Å²) in [5.41, 5.74) is 0.870. The molecule has 0 bridgehead atoms. The first-order valence-electron chi connectivity index (χ1n) is 11.5. The molecule has 0 aromatic carbocycles. The molecule has 5 rings (SSSR count). The van der Waals surface area contributed by atoms with Gasteiger partial charge in [0.25, 0.3) is 11.5 Å². The van der Waals surface area contributed by atoms with E-state index in [0.29, 0.717) is 44.6 Å². The molecule has 3 aliphatic heterocycles. The number of hydrogen-bond donors (Lipinski definition) is 0. The predicted octanol–water partition coefficient (Wildman–Crippen LogP) is 3.56. The highest BCUT2D eigenvalue weighted by Crippen LogP contribution is 2.35. The van der Waals surface area contributed by atoms with E-state index in [-0.39, 0.29) is 17.6 Å². The van der Waals surface area contributed by atoms with E-state index in [1.165, 1.54) is 11.8 Å². The number of fused-ring (bicyclic) bond motifs is 1. The van der Waals surface area contributed by atoms with Crippen LogP contribution in [-0.4, -0.2) is 56.9 Å². The Morgan fingerprint density at radius 3 is 2.76 bits per heavy atom. The fraction of sp³-hybridized carbons (Fsp3) is 0.500. The van der Waals surface area contributed by atoms with Crippen LogP contribution in [0, 0.1) is 11.8 Å². The first kappa shape index (κ1) is 22.6. The van der Waals surface area contributed by atoms with Crippen LogP contribution in [0.15, 0.2) is 34.1 Å². The summed E-state index contributed by atoms with van der Waals surface area (Å²) in [5.74, 6) is 1.49. The number of thiocarbonyl (C=S) groups is 1. The number of pyridine rings is 1. The van der Waals surface area contributed by atoms with Gasteiger partial charge in [-0.25, -0.2) is 4.98 Å². The van der Waals surface area contributed by atoms with Crippen LogP contribution in [0.2, 0.25) is 0 Å². The molecule has 5 heterocycles. The van der Waals surface area contributed by atoms with Gasteiger partial charge in [0.15, 0.2) is 0 Å². The first-order chi connectivity index (χ1) is 15.9. The smallest absolute Gasteiger partial charge is 0.267 e. The van der Waals surface area contributed by atoms with E-state index in [9.17, 15) is 9.59 Å². The second-order valence-electron chi connectivity index (χ2n) is 9.36. The summed E-state index contributed by atoms with van der Waals surface area (Å²) < 4.78 is 7.75. The van der Waals surface area contributed by atoms with Crippen LogP contribution in [0.4, 0.5) is 5.82 Å². The Bertz CT molecular complexity index is 1180. The first-order valence-corrected chi connectivity index (χ1v) is 12.8. The fourth-order valence-electron chi connectivity index (χ4n) is 5.07. The maximum atomic E-state index is 13.6. The van der Waals surface area contributed by atoms with Crippen LogP contribution in [0.25, 0.3) is 11.7 Å². The second-order valence-corrected chi connectivity index (χ2v) is 11.0. The highest BCUT2D eigenvalue weighted by molar-refractivity contribution is 8.26. The van der Waals surface area contributed by atoms with Gasteiger partial charge in [-0.05, 0) is 49.3 Å². The van der Waals surface area contributed by atoms with Gasteiger partial charge < -0.3 is 9.64 Å². The number of anilines is 1. The minimum absolute atomic E-state index is 0.0201. The lowest BCUT2D eigenvalue weighted by atomic mass is 9.91. The molecular formula is C24H28N4O3S2. The summed E-state index contributed by atoms with van der Waals surface area (Å²) >= 11 is 6.76. The third-order valence-corrected chi connectivity index (χ3v) is 7.85. The number of aromatic nitrogens is 2. The molecule has 1 amide bonds. The van der Waals surface area contributed by atoms with E-state index >= 15 is 0 Å². The van der Waals surface area contributed by atoms with Crippen LogP contribution < -0.4 is 10.5 Å². The van der Waals surface area contributed by atoms with Crippen molar-refractivity contribution in [1.29, 1.82) is 0 Å². The van der Waals surface area contributed by atoms with Gasteiger partial charge in [-0.15, -0.1) is 0 Å². The largest absolute Gasteiger partial charge is 0.376 e. The molecule has 3 fully saturated rings. The lowest BCUT2D eigenvalue weighted by Gasteiger charge is -2.36. The van der Waals surface area contributed by atoms with Gasteiger partial charge in [-0.1, -0.05) is 43.9 Å². The van der Waals surface area contributed by atoms with Gasteiger partial charge in [0.2, 0.25) is 0 Å². The number of carbonyl (C=O) groups is 1. The van der Waals surface area contributed by atoms with Crippen LogP contribution in [-0.2, 0) is 9.53 Å². The van der Waals surface area contributed by atoms with Crippen molar-refractivity contribution < 1.29 is 9.53 Å². The maximum Gasteiger partial charge on any atom is 0.267 e. The van der Waals surface area contributed by atoms with Crippen LogP contribution in [0.1, 0.15) is 38.7 Å². The molecule has 0 aliphatic carbocycles. The number of rotatable bonds is 4. The molecule has 3 aliphatic rings. The number of thioether (sulfide) groups is 1. The van der Waals surface area contributed by atoms with Crippen LogP contribution in [0.3, 0.4) is 0 Å². The molecular weight excluding hydrogens is 456 g/mol. The fourth-order valence-corrected chi connectivity index (χ4v) is 6.33. The number of ether oxygens (including phenoxy) is 1. The standard InChI is InChI=1S/C24H28N4O3S2/c1-15-10-16(2)13-26(12-15)21-18(22(29)27-8-4-3-7-20(27)25-21)11-19-23(30)28(24(32)33-19)14-17-6-5-9-31-17/h3-4,7-8,11,15-17H,5-6,9-10,12-14H2,1-2H3/b19-11-/t15-,16+,17-/m1/s1. The summed E-state index contributed by atoms with van der Waals surface area (Å²) in [4.78, 5) is 35.9. The summed E-state index contributed by atoms with van der Waals surface area (Å²) in [6, 6.07) is 5.53. The van der Waals surface area contributed by atoms with E-state index in [1.807, 2.05) is 18.2 Å². The Balaban J connectivity index is 1.56. The maximum absolute atomic E-state index is 13.6. The predicted molar refractivity (Wildman–Crippen MR) is 135 cm³/mol. The Morgan fingerprint density at radius 1 is 1.24 bits per heavy atom. The Morgan fingerprint density at radius 2 is 2.03 bits per heavy atom. The average Bonchev–Trinajstić information content (AvgIpc) is 3.39. The van der Waals surface area contributed by atoms with Crippen molar-refractivity contribution in [2.24, 2.45) is 11.8 Å². The number of hydrogen-bond acceptors (Lipinski definition) is 7. The van der Waals surface area contributed by atoms with Crippen LogP contribution >= 0.6 is 24.0 Å². The summed E-state index contributed by atoms with van der Waals surface area (Å²) in [7, 11) is 0. The zero-order valence-corrected chi connectivity index (χ0v) is 20.5. The van der Waals surface area contributed by atoms with Crippen molar-refractivity contribution in [3.05, 3.63) is 45.2 Å². The topological polar surface area (TPSA) is 67.2 Å². The lowest BCUT2D eigenvalue weighted by Crippen LogP contribution is -2.40. The van der Waals surface area contributed by atoms with Gasteiger partial charge in [0, 0.05) is 25.9 Å². The second kappa shape index (κ2) is 9.19. The highest BCUT2D eigenvalue weighted by atomic mass is 32.2. The van der Waals surface area contributed by atoms with Crippen molar-refractivity contribution in [3.63, 3.8) is 0 Å². The normalized spacial score (nSPS) is 27.3. The molecule has 0 saturated carbocycles. The molecule has 2 aromatic heterocycles. The van der Waals surface area contributed by atoms with Crippen molar-refractivity contribution >= 4 is 51.7 Å². The zero-order chi connectivity index (χ0) is 23.1. The molecule has 7 nitrogen and oxygen atoms in total. The summed E-state index contributed by atoms with van der Waals surface area (Å²) in [6.45, 7) is 7.32. The Hall–Kier alpha value is -2.23. The number of nitrogens with zero attached hydrogens (tertiary/aromatic N) is 4. The van der Waals surface area contributed by atoms with E-state index in [1.54, 1.807) is 21.6 Å². The van der Waals surface area contributed by atoms with Gasteiger partial charge in [-0.2, -0.15) is 0 Å². The molecule has 3 saturated heterocycles. The van der Waals surface area contributed by atoms with Crippen molar-refractivity contribution in [3.8, 4) is 0 Å². The highest BCUT2D eigenvalue weighted by Gasteiger charge is 2.35. The number of amides is 1. The molecule has 3 atom stereocenters. The molecule has 0 radical (unpaired) electrons. The van der Waals surface area contributed by atoms with Gasteiger partial charge in [0.1, 0.15) is 15.8 Å². The molecule has 0 N–H and O–H groups in total. The number of piperidine rings is 1. The Kier molecular flexibility index (Phi) is 6.28. The molecule has 0 spiro atoms. The molecule has 33 heavy (non-hydrogen) atoms. The van der Waals surface area contributed by atoms with Crippen molar-refractivity contribution in [2.75, 3.05) is 31.1 Å². The van der Waals surface area contributed by atoms with Crippen molar-refractivity contribution in [2.45, 2.75) is 39.2 Å². The lowest BCUT2D eigenvalue weighted by molar-refractivity contribution is -0.123. The van der Waals surface area contributed by atoms with E-state index in [4.69, 9.17) is 21.9 Å². The van der Waals surface area contributed by atoms with Gasteiger partial charge in [0.05, 0.1) is 23.1 Å². The minimum Gasteiger partial charge on any atom is -0.376 e.